The van der Waals surface area contributed by atoms with E-state index in [9.17, 15) is 14.4 Å². The van der Waals surface area contributed by atoms with E-state index < -0.39 is 17.2 Å². The number of aromatic amines is 2. The van der Waals surface area contributed by atoms with Crippen molar-refractivity contribution in [2.45, 2.75) is 25.2 Å². The number of thiazole rings is 1. The molecule has 0 fully saturated rings. The first kappa shape index (κ1) is 18.1. The second kappa shape index (κ2) is 6.64. The number of para-hydroxylation sites is 1. The molecule has 0 saturated carbocycles. The topological polar surface area (TPSA) is 121 Å². The van der Waals surface area contributed by atoms with Crippen LogP contribution in [0.5, 0.6) is 0 Å². The Morgan fingerprint density at radius 3 is 2.77 bits per heavy atom. The molecule has 2 aliphatic rings. The van der Waals surface area contributed by atoms with Gasteiger partial charge in [0.2, 0.25) is 0 Å². The fourth-order valence-corrected chi connectivity index (χ4v) is 5.31. The fourth-order valence-electron chi connectivity index (χ4n) is 4.38. The Kier molecular flexibility index (Phi) is 3.87. The highest BCUT2D eigenvalue weighted by Gasteiger charge is 2.39. The first-order valence-corrected chi connectivity index (χ1v) is 10.8. The standard InChI is InChI=1S/C22H16N4O4S/c27-12-6-3-5-11-16(12)17(18-19(23-11)25-22(29)26-20(18)28)13-8-9-14(30-13)21-24-10-4-1-2-7-15(10)31-21/h1-2,4,7-9,17H,3,5-6H2,(H3,23,25,26,28,29)/t17-/m0/s1. The van der Waals surface area contributed by atoms with Gasteiger partial charge >= 0.3 is 5.69 Å². The second-order valence-corrected chi connectivity index (χ2v) is 8.64. The molecule has 0 radical (unpaired) electrons. The Balaban J connectivity index is 1.53. The molecule has 31 heavy (non-hydrogen) atoms. The quantitative estimate of drug-likeness (QED) is 0.446. The molecule has 8 nitrogen and oxygen atoms in total. The van der Waals surface area contributed by atoms with Gasteiger partial charge in [-0.25, -0.2) is 9.78 Å². The van der Waals surface area contributed by atoms with Crippen LogP contribution < -0.4 is 16.6 Å². The van der Waals surface area contributed by atoms with Gasteiger partial charge in [0.05, 0.1) is 21.7 Å². The van der Waals surface area contributed by atoms with E-state index in [1.165, 1.54) is 11.3 Å². The number of rotatable bonds is 2. The predicted molar refractivity (Wildman–Crippen MR) is 116 cm³/mol. The maximum atomic E-state index is 12.9. The summed E-state index contributed by atoms with van der Waals surface area (Å²) in [5.41, 5.74) is 1.28. The van der Waals surface area contributed by atoms with Crippen LogP contribution in [0.3, 0.4) is 0 Å². The smallest absolute Gasteiger partial charge is 0.327 e. The van der Waals surface area contributed by atoms with Crippen molar-refractivity contribution in [2.24, 2.45) is 0 Å². The van der Waals surface area contributed by atoms with Gasteiger partial charge in [-0.05, 0) is 37.1 Å². The van der Waals surface area contributed by atoms with Gasteiger partial charge in [-0.3, -0.25) is 19.6 Å². The van der Waals surface area contributed by atoms with Crippen LogP contribution in [0.25, 0.3) is 21.0 Å². The summed E-state index contributed by atoms with van der Waals surface area (Å²) in [5.74, 6) is 0.640. The highest BCUT2D eigenvalue weighted by atomic mass is 32.1. The van der Waals surface area contributed by atoms with Gasteiger partial charge in [-0.1, -0.05) is 12.1 Å². The third kappa shape index (κ3) is 2.81. The van der Waals surface area contributed by atoms with Crippen molar-refractivity contribution in [1.29, 1.82) is 0 Å². The number of carbonyl (C=O) groups excluding carboxylic acids is 1. The number of ketones is 1. The van der Waals surface area contributed by atoms with Gasteiger partial charge in [0.1, 0.15) is 11.6 Å². The van der Waals surface area contributed by atoms with E-state index in [0.717, 1.165) is 27.3 Å². The molecule has 0 spiro atoms. The fraction of sp³-hybridized carbons (Fsp3) is 0.182. The zero-order chi connectivity index (χ0) is 21.1. The van der Waals surface area contributed by atoms with Gasteiger partial charge < -0.3 is 9.73 Å². The number of allylic oxidation sites excluding steroid dienone is 2. The summed E-state index contributed by atoms with van der Waals surface area (Å²) >= 11 is 1.51. The first-order chi connectivity index (χ1) is 15.1. The monoisotopic (exact) mass is 432 g/mol. The SMILES string of the molecule is O=C1CCCC2=C1[C@H](c1ccc(-c3nc4ccccc4s3)o1)c1c([nH]c(=O)[nH]c1=O)N2. The number of nitrogens with one attached hydrogen (secondary N) is 3. The number of benzene rings is 1. The summed E-state index contributed by atoms with van der Waals surface area (Å²) in [5, 5.41) is 3.82. The molecular formula is C22H16N4O4S. The summed E-state index contributed by atoms with van der Waals surface area (Å²) in [6.07, 6.45) is 1.80. The molecule has 0 bridgehead atoms. The maximum Gasteiger partial charge on any atom is 0.327 e. The van der Waals surface area contributed by atoms with E-state index in [2.05, 4.69) is 20.3 Å². The number of anilines is 1. The molecule has 1 atom stereocenters. The van der Waals surface area contributed by atoms with Gasteiger partial charge in [0, 0.05) is 17.7 Å². The zero-order valence-electron chi connectivity index (χ0n) is 16.2. The normalized spacial score (nSPS) is 18.1. The van der Waals surface area contributed by atoms with Crippen molar-refractivity contribution in [3.63, 3.8) is 0 Å². The van der Waals surface area contributed by atoms with Gasteiger partial charge in [0.25, 0.3) is 5.56 Å². The van der Waals surface area contributed by atoms with Crippen LogP contribution in [-0.4, -0.2) is 20.7 Å². The lowest BCUT2D eigenvalue weighted by Gasteiger charge is -2.31. The Hall–Kier alpha value is -3.72. The molecule has 1 aromatic carbocycles. The second-order valence-electron chi connectivity index (χ2n) is 7.61. The number of hydrogen-bond donors (Lipinski definition) is 3. The van der Waals surface area contributed by atoms with E-state index in [0.29, 0.717) is 35.8 Å². The molecule has 3 aromatic heterocycles. The predicted octanol–water partition coefficient (Wildman–Crippen LogP) is 3.50. The van der Waals surface area contributed by atoms with E-state index in [-0.39, 0.29) is 11.3 Å². The van der Waals surface area contributed by atoms with Crippen molar-refractivity contribution in [3.8, 4) is 10.8 Å². The van der Waals surface area contributed by atoms with Crippen LogP contribution in [0.15, 0.2) is 61.7 Å². The lowest BCUT2D eigenvalue weighted by atomic mass is 9.79. The molecule has 0 saturated heterocycles. The number of H-pyrrole nitrogens is 2. The molecule has 154 valence electrons. The third-order valence-corrected chi connectivity index (χ3v) is 6.76. The Morgan fingerprint density at radius 2 is 1.90 bits per heavy atom. The zero-order valence-corrected chi connectivity index (χ0v) is 17.0. The summed E-state index contributed by atoms with van der Waals surface area (Å²) < 4.78 is 7.21. The summed E-state index contributed by atoms with van der Waals surface area (Å²) in [7, 11) is 0. The van der Waals surface area contributed by atoms with Crippen LogP contribution in [0, 0.1) is 0 Å². The van der Waals surface area contributed by atoms with Crippen LogP contribution >= 0.6 is 11.3 Å². The van der Waals surface area contributed by atoms with Crippen LogP contribution in [-0.2, 0) is 4.79 Å². The number of Topliss-reactive ketones (excluding diaryl/α,β-unsaturated/α-hetero) is 1. The van der Waals surface area contributed by atoms with Crippen LogP contribution in [0.4, 0.5) is 5.82 Å². The number of furan rings is 1. The summed E-state index contributed by atoms with van der Waals surface area (Å²) in [6.45, 7) is 0. The lowest BCUT2D eigenvalue weighted by Crippen LogP contribution is -2.35. The van der Waals surface area contributed by atoms with E-state index >= 15 is 0 Å². The molecule has 9 heteroatoms. The number of nitrogens with zero attached hydrogens (tertiary/aromatic N) is 1. The Bertz CT molecular complexity index is 1490. The maximum absolute atomic E-state index is 12.9. The van der Waals surface area contributed by atoms with Gasteiger partial charge in [-0.15, -0.1) is 11.3 Å². The van der Waals surface area contributed by atoms with Crippen molar-refractivity contribution in [1.82, 2.24) is 15.0 Å². The van der Waals surface area contributed by atoms with Gasteiger partial charge in [-0.2, -0.15) is 0 Å². The van der Waals surface area contributed by atoms with E-state index in [1.54, 1.807) is 6.07 Å². The van der Waals surface area contributed by atoms with Gasteiger partial charge in [0.15, 0.2) is 16.6 Å². The minimum Gasteiger partial charge on any atom is -0.458 e. The van der Waals surface area contributed by atoms with Crippen molar-refractivity contribution < 1.29 is 9.21 Å². The lowest BCUT2D eigenvalue weighted by molar-refractivity contribution is -0.116. The number of carbonyl (C=O) groups is 1. The molecule has 0 unspecified atom stereocenters. The number of hydrogen-bond acceptors (Lipinski definition) is 7. The van der Waals surface area contributed by atoms with Crippen LogP contribution in [0.2, 0.25) is 0 Å². The highest BCUT2D eigenvalue weighted by Crippen LogP contribution is 2.44. The van der Waals surface area contributed by atoms with E-state index in [4.69, 9.17) is 4.42 Å². The molecule has 4 heterocycles. The third-order valence-electron chi connectivity index (χ3n) is 5.70. The van der Waals surface area contributed by atoms with E-state index in [1.807, 2.05) is 30.3 Å². The minimum absolute atomic E-state index is 0.0204. The Labute approximate surface area is 178 Å². The summed E-state index contributed by atoms with van der Waals surface area (Å²) in [6, 6.07) is 11.4. The molecule has 1 aliphatic carbocycles. The number of aromatic nitrogens is 3. The molecule has 0 amide bonds. The Morgan fingerprint density at radius 1 is 1.03 bits per heavy atom. The average molecular weight is 432 g/mol. The average Bonchev–Trinajstić information content (AvgIpc) is 3.39. The van der Waals surface area contributed by atoms with Crippen molar-refractivity contribution >= 4 is 33.2 Å². The molecule has 6 rings (SSSR count). The molecule has 4 aromatic rings. The highest BCUT2D eigenvalue weighted by molar-refractivity contribution is 7.21. The molecular weight excluding hydrogens is 416 g/mol. The molecule has 3 N–H and O–H groups in total. The van der Waals surface area contributed by atoms with Crippen molar-refractivity contribution in [3.05, 3.63) is 79.8 Å². The largest absolute Gasteiger partial charge is 0.458 e. The first-order valence-electron chi connectivity index (χ1n) is 9.94. The van der Waals surface area contributed by atoms with Crippen molar-refractivity contribution in [2.75, 3.05) is 5.32 Å². The van der Waals surface area contributed by atoms with Crippen LogP contribution in [0.1, 0.15) is 36.5 Å². The minimum atomic E-state index is -0.692. The summed E-state index contributed by atoms with van der Waals surface area (Å²) in [4.78, 5) is 47.0. The molecule has 1 aliphatic heterocycles. The number of fused-ring (bicyclic) bond motifs is 2.